The van der Waals surface area contributed by atoms with Gasteiger partial charge in [-0.15, -0.1) is 0 Å². The van der Waals surface area contributed by atoms with Gasteiger partial charge < -0.3 is 15.2 Å². The van der Waals surface area contributed by atoms with E-state index < -0.39 is 36.2 Å². The third-order valence-electron chi connectivity index (χ3n) is 3.51. The molecule has 1 atom stereocenters. The van der Waals surface area contributed by atoms with E-state index in [1.807, 2.05) is 0 Å². The third kappa shape index (κ3) is 5.09. The van der Waals surface area contributed by atoms with Crippen LogP contribution in [0.15, 0.2) is 42.5 Å². The van der Waals surface area contributed by atoms with E-state index >= 15 is 0 Å². The van der Waals surface area contributed by atoms with Gasteiger partial charge in [0.2, 0.25) is 0 Å². The van der Waals surface area contributed by atoms with E-state index in [4.69, 9.17) is 9.84 Å². The molecule has 5 nitrogen and oxygen atoms in total. The second-order valence-electron chi connectivity index (χ2n) is 5.39. The van der Waals surface area contributed by atoms with E-state index in [9.17, 15) is 18.4 Å². The zero-order valence-electron chi connectivity index (χ0n) is 13.5. The zero-order chi connectivity index (χ0) is 18.4. The van der Waals surface area contributed by atoms with E-state index in [1.54, 1.807) is 12.1 Å². The topological polar surface area (TPSA) is 75.6 Å². The Balaban J connectivity index is 1.88. The van der Waals surface area contributed by atoms with E-state index in [1.165, 1.54) is 25.1 Å². The fourth-order valence-electron chi connectivity index (χ4n) is 2.17. The second kappa shape index (κ2) is 8.34. The predicted octanol–water partition coefficient (Wildman–Crippen LogP) is 2.49. The Morgan fingerprint density at radius 2 is 1.84 bits per heavy atom. The molecule has 0 saturated heterocycles. The number of benzene rings is 2. The van der Waals surface area contributed by atoms with Crippen molar-refractivity contribution in [1.82, 2.24) is 5.32 Å². The van der Waals surface area contributed by atoms with Gasteiger partial charge in [0.05, 0.1) is 18.2 Å². The van der Waals surface area contributed by atoms with E-state index in [0.29, 0.717) is 5.56 Å². The molecule has 0 heterocycles. The van der Waals surface area contributed by atoms with Crippen molar-refractivity contribution < 1.29 is 28.2 Å². The molecule has 2 aromatic carbocycles. The number of carbonyl (C=O) groups excluding carboxylic acids is 2. The molecule has 0 unspecified atom stereocenters. The molecule has 132 valence electrons. The molecule has 0 bridgehead atoms. The van der Waals surface area contributed by atoms with Crippen LogP contribution in [0.3, 0.4) is 0 Å². The van der Waals surface area contributed by atoms with Gasteiger partial charge >= 0.3 is 5.97 Å². The molecular formula is C18H17F2NO4. The van der Waals surface area contributed by atoms with Crippen LogP contribution < -0.4 is 5.32 Å². The Morgan fingerprint density at radius 1 is 1.16 bits per heavy atom. The molecule has 2 N–H and O–H groups in total. The minimum Gasteiger partial charge on any atom is -0.452 e. The molecule has 1 amide bonds. The summed E-state index contributed by atoms with van der Waals surface area (Å²) in [4.78, 5) is 23.7. The van der Waals surface area contributed by atoms with Gasteiger partial charge in [-0.05, 0) is 30.7 Å². The van der Waals surface area contributed by atoms with Gasteiger partial charge in [0, 0.05) is 11.6 Å². The summed E-state index contributed by atoms with van der Waals surface area (Å²) in [5.74, 6) is -2.79. The summed E-state index contributed by atoms with van der Waals surface area (Å²) < 4.78 is 31.4. The summed E-state index contributed by atoms with van der Waals surface area (Å²) in [5.41, 5.74) is 1.01. The largest absolute Gasteiger partial charge is 0.452 e. The summed E-state index contributed by atoms with van der Waals surface area (Å²) in [5, 5.41) is 11.4. The number of nitrogens with one attached hydrogen (secondary N) is 1. The number of rotatable bonds is 6. The Kier molecular flexibility index (Phi) is 6.19. The Hall–Kier alpha value is -2.80. The van der Waals surface area contributed by atoms with Crippen LogP contribution >= 0.6 is 0 Å². The predicted molar refractivity (Wildman–Crippen MR) is 85.6 cm³/mol. The van der Waals surface area contributed by atoms with Crippen molar-refractivity contribution >= 4 is 11.9 Å². The molecular weight excluding hydrogens is 332 g/mol. The Morgan fingerprint density at radius 3 is 2.44 bits per heavy atom. The van der Waals surface area contributed by atoms with Crippen LogP contribution in [-0.2, 0) is 16.1 Å². The molecule has 0 fully saturated rings. The van der Waals surface area contributed by atoms with Crippen molar-refractivity contribution in [3.63, 3.8) is 0 Å². The first-order valence-corrected chi connectivity index (χ1v) is 7.52. The highest BCUT2D eigenvalue weighted by Gasteiger charge is 2.16. The third-order valence-corrected chi connectivity index (χ3v) is 3.51. The lowest BCUT2D eigenvalue weighted by Gasteiger charge is -2.15. The van der Waals surface area contributed by atoms with Crippen LogP contribution in [0.2, 0.25) is 0 Å². The van der Waals surface area contributed by atoms with Gasteiger partial charge in [-0.1, -0.05) is 18.2 Å². The molecule has 0 saturated carbocycles. The van der Waals surface area contributed by atoms with Crippen molar-refractivity contribution in [2.45, 2.75) is 19.6 Å². The van der Waals surface area contributed by atoms with Crippen LogP contribution in [0.4, 0.5) is 8.78 Å². The van der Waals surface area contributed by atoms with Gasteiger partial charge in [0.25, 0.3) is 5.91 Å². The average molecular weight is 349 g/mol. The SMILES string of the molecule is C[C@@H](NC(=O)COC(=O)c1ccc(CO)cc1)c1ccc(F)cc1F. The molecule has 0 radical (unpaired) electrons. The highest BCUT2D eigenvalue weighted by Crippen LogP contribution is 2.17. The van der Waals surface area contributed by atoms with Crippen LogP contribution in [-0.4, -0.2) is 23.6 Å². The van der Waals surface area contributed by atoms with Gasteiger partial charge in [-0.2, -0.15) is 0 Å². The molecule has 0 aromatic heterocycles. The number of esters is 1. The lowest BCUT2D eigenvalue weighted by molar-refractivity contribution is -0.124. The molecule has 0 aliphatic heterocycles. The van der Waals surface area contributed by atoms with Crippen molar-refractivity contribution in [1.29, 1.82) is 0 Å². The fourth-order valence-corrected chi connectivity index (χ4v) is 2.17. The lowest BCUT2D eigenvalue weighted by Crippen LogP contribution is -2.31. The number of hydrogen-bond acceptors (Lipinski definition) is 4. The van der Waals surface area contributed by atoms with E-state index in [-0.39, 0.29) is 17.7 Å². The monoisotopic (exact) mass is 349 g/mol. The maximum Gasteiger partial charge on any atom is 0.338 e. The highest BCUT2D eigenvalue weighted by atomic mass is 19.1. The van der Waals surface area contributed by atoms with Gasteiger partial charge in [-0.25, -0.2) is 13.6 Å². The summed E-state index contributed by atoms with van der Waals surface area (Å²) in [6.07, 6.45) is 0. The van der Waals surface area contributed by atoms with Crippen molar-refractivity contribution in [2.24, 2.45) is 0 Å². The van der Waals surface area contributed by atoms with E-state index in [0.717, 1.165) is 12.1 Å². The average Bonchev–Trinajstić information content (AvgIpc) is 2.59. The quantitative estimate of drug-likeness (QED) is 0.786. The number of aliphatic hydroxyl groups is 1. The highest BCUT2D eigenvalue weighted by molar-refractivity contribution is 5.91. The second-order valence-corrected chi connectivity index (χ2v) is 5.39. The molecule has 0 spiro atoms. The summed E-state index contributed by atoms with van der Waals surface area (Å²) in [6.45, 7) is 0.854. The maximum atomic E-state index is 13.7. The van der Waals surface area contributed by atoms with E-state index in [2.05, 4.69) is 5.32 Å². The fraction of sp³-hybridized carbons (Fsp3) is 0.222. The smallest absolute Gasteiger partial charge is 0.338 e. The first-order chi connectivity index (χ1) is 11.9. The Bertz CT molecular complexity index is 762. The molecule has 25 heavy (non-hydrogen) atoms. The van der Waals surface area contributed by atoms with Crippen molar-refractivity contribution in [2.75, 3.05) is 6.61 Å². The molecule has 0 aliphatic rings. The maximum absolute atomic E-state index is 13.7. The standard InChI is InChI=1S/C18H17F2NO4/c1-11(15-7-6-14(19)8-16(15)20)21-17(23)10-25-18(24)13-4-2-12(9-22)3-5-13/h2-8,11,22H,9-10H2,1H3,(H,21,23)/t11-/m1/s1. The number of halogens is 2. The normalized spacial score (nSPS) is 11.7. The van der Waals surface area contributed by atoms with Crippen molar-refractivity contribution in [3.8, 4) is 0 Å². The Labute approximate surface area is 143 Å². The minimum atomic E-state index is -0.770. The number of ether oxygens (including phenoxy) is 1. The summed E-state index contributed by atoms with van der Waals surface area (Å²) in [6, 6.07) is 8.43. The molecule has 0 aliphatic carbocycles. The van der Waals surface area contributed by atoms with Gasteiger partial charge in [-0.3, -0.25) is 4.79 Å². The number of carbonyl (C=O) groups is 2. The molecule has 7 heteroatoms. The lowest BCUT2D eigenvalue weighted by atomic mass is 10.1. The zero-order valence-corrected chi connectivity index (χ0v) is 13.5. The number of hydrogen-bond donors (Lipinski definition) is 2. The van der Waals surface area contributed by atoms with Crippen LogP contribution in [0, 0.1) is 11.6 Å². The molecule has 2 aromatic rings. The van der Waals surface area contributed by atoms with Gasteiger partial charge in [0.15, 0.2) is 6.61 Å². The summed E-state index contributed by atoms with van der Waals surface area (Å²) in [7, 11) is 0. The minimum absolute atomic E-state index is 0.126. The van der Waals surface area contributed by atoms with Gasteiger partial charge in [0.1, 0.15) is 11.6 Å². The van der Waals surface area contributed by atoms with Crippen molar-refractivity contribution in [3.05, 3.63) is 70.8 Å². The van der Waals surface area contributed by atoms with Crippen LogP contribution in [0.25, 0.3) is 0 Å². The number of aliphatic hydroxyl groups excluding tert-OH is 1. The van der Waals surface area contributed by atoms with Crippen LogP contribution in [0.5, 0.6) is 0 Å². The van der Waals surface area contributed by atoms with Crippen LogP contribution in [0.1, 0.15) is 34.5 Å². The summed E-state index contributed by atoms with van der Waals surface area (Å²) >= 11 is 0. The first-order valence-electron chi connectivity index (χ1n) is 7.52. The first kappa shape index (κ1) is 18.5. The number of amides is 1. The molecule has 2 rings (SSSR count).